The van der Waals surface area contributed by atoms with Crippen molar-refractivity contribution in [1.82, 2.24) is 14.5 Å². The summed E-state index contributed by atoms with van der Waals surface area (Å²) in [6.45, 7) is 3.16. The zero-order valence-corrected chi connectivity index (χ0v) is 13.2. The van der Waals surface area contributed by atoms with E-state index in [4.69, 9.17) is 0 Å². The monoisotopic (exact) mass is 303 g/mol. The molecule has 1 unspecified atom stereocenters. The first-order valence-electron chi connectivity index (χ1n) is 7.31. The molecule has 6 nitrogen and oxygen atoms in total. The van der Waals surface area contributed by atoms with Crippen molar-refractivity contribution >= 4 is 15.9 Å². The fourth-order valence-electron chi connectivity index (χ4n) is 3.05. The van der Waals surface area contributed by atoms with E-state index in [0.29, 0.717) is 12.5 Å². The van der Waals surface area contributed by atoms with Crippen molar-refractivity contribution in [2.75, 3.05) is 39.5 Å². The standard InChI is InChI=1S/C13H25N3O3S/c1-15(20(2,18)19)10-11-5-8-16(9-6-11)12-4-3-7-14-13(12)17/h11-12H,3-10H2,1-2H3,(H,14,17). The highest BCUT2D eigenvalue weighted by atomic mass is 32.2. The van der Waals surface area contributed by atoms with Crippen molar-refractivity contribution < 1.29 is 13.2 Å². The van der Waals surface area contributed by atoms with Crippen LogP contribution in [0.1, 0.15) is 25.7 Å². The molecule has 0 saturated carbocycles. The maximum atomic E-state index is 11.8. The van der Waals surface area contributed by atoms with Gasteiger partial charge in [-0.3, -0.25) is 9.69 Å². The Bertz CT molecular complexity index is 444. The summed E-state index contributed by atoms with van der Waals surface area (Å²) in [5, 5.41) is 2.92. The van der Waals surface area contributed by atoms with Gasteiger partial charge in [0, 0.05) is 20.1 Å². The molecule has 1 N–H and O–H groups in total. The second kappa shape index (κ2) is 6.41. The van der Waals surface area contributed by atoms with Crippen LogP contribution in [0.3, 0.4) is 0 Å². The van der Waals surface area contributed by atoms with Crippen LogP contribution < -0.4 is 5.32 Å². The molecule has 2 aliphatic rings. The fourth-order valence-corrected chi connectivity index (χ4v) is 3.53. The van der Waals surface area contributed by atoms with Crippen LogP contribution in [0.4, 0.5) is 0 Å². The number of nitrogens with one attached hydrogen (secondary N) is 1. The molecular weight excluding hydrogens is 278 g/mol. The van der Waals surface area contributed by atoms with Gasteiger partial charge in [0.2, 0.25) is 15.9 Å². The summed E-state index contributed by atoms with van der Waals surface area (Å²) in [6.07, 6.45) is 5.16. The normalized spacial score (nSPS) is 26.8. The van der Waals surface area contributed by atoms with Gasteiger partial charge in [0.15, 0.2) is 0 Å². The Labute approximate surface area is 121 Å². The van der Waals surface area contributed by atoms with E-state index in [9.17, 15) is 13.2 Å². The van der Waals surface area contributed by atoms with Crippen molar-refractivity contribution in [3.8, 4) is 0 Å². The maximum absolute atomic E-state index is 11.8. The molecule has 0 bridgehead atoms. The summed E-state index contributed by atoms with van der Waals surface area (Å²) in [4.78, 5) is 14.1. The van der Waals surface area contributed by atoms with Gasteiger partial charge in [0.25, 0.3) is 0 Å². The van der Waals surface area contributed by atoms with E-state index in [0.717, 1.165) is 45.3 Å². The van der Waals surface area contributed by atoms with Crippen LogP contribution in [0.25, 0.3) is 0 Å². The van der Waals surface area contributed by atoms with Crippen LogP contribution in [0, 0.1) is 5.92 Å². The predicted octanol–water partition coefficient (Wildman–Crippen LogP) is -0.132. The number of likely N-dealkylation sites (tertiary alicyclic amines) is 1. The van der Waals surface area contributed by atoms with Gasteiger partial charge in [-0.25, -0.2) is 12.7 Å². The summed E-state index contributed by atoms with van der Waals surface area (Å²) in [5.41, 5.74) is 0. The minimum atomic E-state index is -3.09. The third kappa shape index (κ3) is 3.93. The van der Waals surface area contributed by atoms with Crippen LogP contribution >= 0.6 is 0 Å². The lowest BCUT2D eigenvalue weighted by Crippen LogP contribution is -2.53. The number of hydrogen-bond acceptors (Lipinski definition) is 4. The van der Waals surface area contributed by atoms with Gasteiger partial charge in [0.1, 0.15) is 0 Å². The summed E-state index contributed by atoms with van der Waals surface area (Å²) < 4.78 is 24.3. The number of carbonyl (C=O) groups is 1. The summed E-state index contributed by atoms with van der Waals surface area (Å²) in [5.74, 6) is 0.556. The lowest BCUT2D eigenvalue weighted by atomic mass is 9.94. The van der Waals surface area contributed by atoms with Crippen LogP contribution in [-0.4, -0.2) is 69.1 Å². The van der Waals surface area contributed by atoms with Crippen LogP contribution in [0.5, 0.6) is 0 Å². The molecular formula is C13H25N3O3S. The number of carbonyl (C=O) groups excluding carboxylic acids is 1. The molecule has 7 heteroatoms. The second-order valence-corrected chi connectivity index (χ2v) is 8.06. The molecule has 1 amide bonds. The highest BCUT2D eigenvalue weighted by molar-refractivity contribution is 7.88. The third-order valence-corrected chi connectivity index (χ3v) is 5.71. The van der Waals surface area contributed by atoms with E-state index in [1.807, 2.05) is 0 Å². The molecule has 116 valence electrons. The minimum absolute atomic E-state index is 0.0253. The maximum Gasteiger partial charge on any atom is 0.237 e. The van der Waals surface area contributed by atoms with Gasteiger partial charge in [-0.15, -0.1) is 0 Å². The molecule has 2 heterocycles. The number of nitrogens with zero attached hydrogens (tertiary/aromatic N) is 2. The Morgan fingerprint density at radius 1 is 1.30 bits per heavy atom. The Morgan fingerprint density at radius 3 is 2.50 bits per heavy atom. The average Bonchev–Trinajstić information content (AvgIpc) is 2.39. The molecule has 0 spiro atoms. The molecule has 2 rings (SSSR count). The Kier molecular flexibility index (Phi) is 5.04. The van der Waals surface area contributed by atoms with E-state index >= 15 is 0 Å². The highest BCUT2D eigenvalue weighted by Gasteiger charge is 2.31. The minimum Gasteiger partial charge on any atom is -0.355 e. The van der Waals surface area contributed by atoms with E-state index < -0.39 is 10.0 Å². The molecule has 2 fully saturated rings. The van der Waals surface area contributed by atoms with Crippen LogP contribution in [-0.2, 0) is 14.8 Å². The largest absolute Gasteiger partial charge is 0.355 e. The van der Waals surface area contributed by atoms with E-state index in [2.05, 4.69) is 10.2 Å². The quantitative estimate of drug-likeness (QED) is 0.785. The molecule has 0 aromatic heterocycles. The molecule has 2 saturated heterocycles. The highest BCUT2D eigenvalue weighted by Crippen LogP contribution is 2.23. The van der Waals surface area contributed by atoms with Crippen LogP contribution in [0.2, 0.25) is 0 Å². The Balaban J connectivity index is 1.82. The molecule has 0 aliphatic carbocycles. The molecule has 0 radical (unpaired) electrons. The smallest absolute Gasteiger partial charge is 0.237 e. The first-order chi connectivity index (χ1) is 9.38. The number of piperidine rings is 2. The number of rotatable bonds is 4. The van der Waals surface area contributed by atoms with Gasteiger partial charge in [-0.05, 0) is 44.7 Å². The van der Waals surface area contributed by atoms with Crippen molar-refractivity contribution in [3.63, 3.8) is 0 Å². The van der Waals surface area contributed by atoms with Crippen molar-refractivity contribution in [2.24, 2.45) is 5.92 Å². The number of hydrogen-bond donors (Lipinski definition) is 1. The SMILES string of the molecule is CN(CC1CCN(C2CCCNC2=O)CC1)S(C)(=O)=O. The summed E-state index contributed by atoms with van der Waals surface area (Å²) >= 11 is 0. The first-order valence-corrected chi connectivity index (χ1v) is 9.16. The zero-order valence-electron chi connectivity index (χ0n) is 12.3. The van der Waals surface area contributed by atoms with Gasteiger partial charge >= 0.3 is 0 Å². The van der Waals surface area contributed by atoms with E-state index in [1.54, 1.807) is 7.05 Å². The van der Waals surface area contributed by atoms with Gasteiger partial charge in [-0.1, -0.05) is 0 Å². The van der Waals surface area contributed by atoms with Crippen molar-refractivity contribution in [3.05, 3.63) is 0 Å². The van der Waals surface area contributed by atoms with E-state index in [-0.39, 0.29) is 11.9 Å². The van der Waals surface area contributed by atoms with Crippen molar-refractivity contribution in [1.29, 1.82) is 0 Å². The second-order valence-electron chi connectivity index (χ2n) is 5.97. The first kappa shape index (κ1) is 15.7. The summed E-state index contributed by atoms with van der Waals surface area (Å²) in [7, 11) is -1.45. The topological polar surface area (TPSA) is 69.7 Å². The molecule has 0 aromatic rings. The van der Waals surface area contributed by atoms with Gasteiger partial charge < -0.3 is 5.32 Å². The van der Waals surface area contributed by atoms with Crippen LogP contribution in [0.15, 0.2) is 0 Å². The molecule has 2 aliphatic heterocycles. The number of amides is 1. The fraction of sp³-hybridized carbons (Fsp3) is 0.923. The average molecular weight is 303 g/mol. The van der Waals surface area contributed by atoms with Crippen molar-refractivity contribution in [2.45, 2.75) is 31.7 Å². The van der Waals surface area contributed by atoms with Gasteiger partial charge in [-0.2, -0.15) is 0 Å². The Morgan fingerprint density at radius 2 is 1.95 bits per heavy atom. The van der Waals surface area contributed by atoms with E-state index in [1.165, 1.54) is 10.6 Å². The zero-order chi connectivity index (χ0) is 14.8. The third-order valence-electron chi connectivity index (χ3n) is 4.43. The molecule has 0 aromatic carbocycles. The lowest BCUT2D eigenvalue weighted by molar-refractivity contribution is -0.128. The summed E-state index contributed by atoms with van der Waals surface area (Å²) in [6, 6.07) is 0.0253. The predicted molar refractivity (Wildman–Crippen MR) is 77.8 cm³/mol. The lowest BCUT2D eigenvalue weighted by Gasteiger charge is -2.39. The number of sulfonamides is 1. The Hall–Kier alpha value is -0.660. The molecule has 1 atom stereocenters. The molecule has 20 heavy (non-hydrogen) atoms. The van der Waals surface area contributed by atoms with Gasteiger partial charge in [0.05, 0.1) is 12.3 Å².